The van der Waals surface area contributed by atoms with Crippen molar-refractivity contribution in [2.75, 3.05) is 0 Å². The first-order valence-corrected chi connectivity index (χ1v) is 15.3. The number of hydrogen-bond acceptors (Lipinski definition) is 2. The summed E-state index contributed by atoms with van der Waals surface area (Å²) in [4.78, 5) is 0. The van der Waals surface area contributed by atoms with E-state index in [0.717, 1.165) is 24.7 Å². The van der Waals surface area contributed by atoms with Gasteiger partial charge in [-0.05, 0) is 97.6 Å². The zero-order valence-corrected chi connectivity index (χ0v) is 21.3. The highest BCUT2D eigenvalue weighted by Gasteiger charge is 2.60. The summed E-state index contributed by atoms with van der Waals surface area (Å²) in [6.45, 7) is 19.3. The summed E-state index contributed by atoms with van der Waals surface area (Å²) in [5.74, 6) is 2.92. The van der Waals surface area contributed by atoms with Crippen LogP contribution in [0, 0.1) is 34.5 Å². The quantitative estimate of drug-likeness (QED) is 0.388. The third-order valence-corrected chi connectivity index (χ3v) is 15.1. The molecule has 0 aromatic rings. The van der Waals surface area contributed by atoms with Crippen molar-refractivity contribution in [3.05, 3.63) is 11.6 Å². The number of allylic oxidation sites excluding steroid dienone is 1. The Kier molecular flexibility index (Phi) is 5.28. The monoisotopic (exact) mass is 418 g/mol. The molecule has 0 heterocycles. The third-order valence-electron chi connectivity index (χ3n) is 10.6. The van der Waals surface area contributed by atoms with Gasteiger partial charge < -0.3 is 9.53 Å². The van der Waals surface area contributed by atoms with Crippen molar-refractivity contribution < 1.29 is 9.53 Å². The van der Waals surface area contributed by atoms with Gasteiger partial charge in [-0.25, -0.2) is 0 Å². The van der Waals surface area contributed by atoms with Gasteiger partial charge in [0.1, 0.15) is 0 Å². The predicted octanol–water partition coefficient (Wildman–Crippen LogP) is 6.95. The van der Waals surface area contributed by atoms with E-state index < -0.39 is 8.32 Å². The second-order valence-electron chi connectivity index (χ2n) is 13.1. The van der Waals surface area contributed by atoms with Gasteiger partial charge in [0, 0.05) is 6.10 Å². The van der Waals surface area contributed by atoms with Crippen molar-refractivity contribution in [2.45, 2.75) is 117 Å². The molecule has 0 aromatic carbocycles. The smallest absolute Gasteiger partial charge is 0.192 e. The van der Waals surface area contributed by atoms with Crippen LogP contribution in [0.3, 0.4) is 0 Å². The lowest BCUT2D eigenvalue weighted by Gasteiger charge is -2.59. The predicted molar refractivity (Wildman–Crippen MR) is 124 cm³/mol. The average molecular weight is 419 g/mol. The normalized spacial score (nSPS) is 47.8. The van der Waals surface area contributed by atoms with Crippen LogP contribution in [0.2, 0.25) is 18.1 Å². The summed E-state index contributed by atoms with van der Waals surface area (Å²) < 4.78 is 6.87. The van der Waals surface area contributed by atoms with Crippen LogP contribution in [-0.4, -0.2) is 25.6 Å². The molecular formula is C26H46O2Si. The Morgan fingerprint density at radius 3 is 2.38 bits per heavy atom. The molecule has 29 heavy (non-hydrogen) atoms. The van der Waals surface area contributed by atoms with E-state index in [1.165, 1.54) is 32.1 Å². The summed E-state index contributed by atoms with van der Waals surface area (Å²) in [5.41, 5.74) is 2.24. The average Bonchev–Trinajstić information content (AvgIpc) is 2.90. The molecule has 3 unspecified atom stereocenters. The van der Waals surface area contributed by atoms with E-state index in [4.69, 9.17) is 4.43 Å². The molecule has 0 spiro atoms. The molecule has 0 aliphatic heterocycles. The molecule has 4 rings (SSSR count). The first-order valence-electron chi connectivity index (χ1n) is 12.4. The molecular weight excluding hydrogens is 372 g/mol. The first-order chi connectivity index (χ1) is 13.3. The van der Waals surface area contributed by atoms with Crippen LogP contribution in [0.5, 0.6) is 0 Å². The third kappa shape index (κ3) is 3.33. The van der Waals surface area contributed by atoms with Gasteiger partial charge in [0.2, 0.25) is 0 Å². The van der Waals surface area contributed by atoms with Crippen LogP contribution in [0.15, 0.2) is 11.6 Å². The molecule has 0 bridgehead atoms. The zero-order chi connectivity index (χ0) is 21.4. The fourth-order valence-electron chi connectivity index (χ4n) is 7.65. The van der Waals surface area contributed by atoms with E-state index in [9.17, 15) is 5.11 Å². The van der Waals surface area contributed by atoms with Crippen LogP contribution >= 0.6 is 0 Å². The number of rotatable bonds is 2. The number of hydrogen-bond donors (Lipinski definition) is 1. The van der Waals surface area contributed by atoms with E-state index in [1.807, 2.05) is 0 Å². The Labute approximate surface area is 181 Å². The molecule has 4 aliphatic rings. The zero-order valence-electron chi connectivity index (χ0n) is 20.3. The van der Waals surface area contributed by atoms with E-state index in [-0.39, 0.29) is 16.6 Å². The summed E-state index contributed by atoms with van der Waals surface area (Å²) in [6, 6.07) is 0. The molecule has 8 atom stereocenters. The van der Waals surface area contributed by atoms with Gasteiger partial charge >= 0.3 is 0 Å². The van der Waals surface area contributed by atoms with Gasteiger partial charge in [0.05, 0.1) is 6.10 Å². The van der Waals surface area contributed by atoms with Gasteiger partial charge in [-0.2, -0.15) is 0 Å². The molecule has 2 nitrogen and oxygen atoms in total. The number of fused-ring (bicyclic) bond motifs is 5. The maximum atomic E-state index is 10.7. The Morgan fingerprint density at radius 2 is 1.72 bits per heavy atom. The molecule has 1 N–H and O–H groups in total. The molecule has 166 valence electrons. The van der Waals surface area contributed by atoms with Gasteiger partial charge in [-0.15, -0.1) is 0 Å². The van der Waals surface area contributed by atoms with Crippen molar-refractivity contribution in [3.63, 3.8) is 0 Å². The maximum Gasteiger partial charge on any atom is 0.192 e. The number of aliphatic hydroxyl groups is 1. The summed E-state index contributed by atoms with van der Waals surface area (Å²) >= 11 is 0. The molecule has 4 aliphatic carbocycles. The fraction of sp³-hybridized carbons (Fsp3) is 0.923. The maximum absolute atomic E-state index is 10.7. The molecule has 3 saturated carbocycles. The Hall–Kier alpha value is -0.123. The summed E-state index contributed by atoms with van der Waals surface area (Å²) in [6.07, 6.45) is 11.5. The second kappa shape index (κ2) is 6.94. The lowest BCUT2D eigenvalue weighted by molar-refractivity contribution is -0.0842. The van der Waals surface area contributed by atoms with Gasteiger partial charge in [0.25, 0.3) is 0 Å². The van der Waals surface area contributed by atoms with Crippen molar-refractivity contribution in [2.24, 2.45) is 34.5 Å². The van der Waals surface area contributed by atoms with E-state index >= 15 is 0 Å². The van der Waals surface area contributed by atoms with Crippen molar-refractivity contribution in [3.8, 4) is 0 Å². The lowest BCUT2D eigenvalue weighted by Crippen LogP contribution is -2.54. The topological polar surface area (TPSA) is 29.5 Å². The molecule has 0 aromatic heterocycles. The number of aliphatic hydroxyl groups excluding tert-OH is 1. The Bertz CT molecular complexity index is 677. The second-order valence-corrected chi connectivity index (χ2v) is 17.9. The first kappa shape index (κ1) is 22.1. The van der Waals surface area contributed by atoms with Gasteiger partial charge in [0.15, 0.2) is 8.32 Å². The highest BCUT2D eigenvalue weighted by molar-refractivity contribution is 6.74. The Balaban J connectivity index is 1.58. The van der Waals surface area contributed by atoms with Crippen molar-refractivity contribution in [1.82, 2.24) is 0 Å². The highest BCUT2D eigenvalue weighted by Crippen LogP contribution is 2.66. The van der Waals surface area contributed by atoms with E-state index in [1.54, 1.807) is 5.57 Å². The molecule has 0 saturated heterocycles. The van der Waals surface area contributed by atoms with Crippen LogP contribution in [0.4, 0.5) is 0 Å². The minimum absolute atomic E-state index is 0.0763. The van der Waals surface area contributed by atoms with Crippen molar-refractivity contribution in [1.29, 1.82) is 0 Å². The van der Waals surface area contributed by atoms with Crippen LogP contribution < -0.4 is 0 Å². The standard InChI is InChI=1S/C26H46O2Si/c1-17-15-18-16-19(28-29(7,8)24(2,3)4)11-13-25(18,5)21-12-14-26(6)20(23(17)21)9-10-22(26)27/h15,17,19-23,27H,9-14,16H2,1-8H3/t17?,19?,20-,21+,22?,23-,25-,26-/m0/s1. The van der Waals surface area contributed by atoms with Gasteiger partial charge in [-0.3, -0.25) is 0 Å². The lowest BCUT2D eigenvalue weighted by atomic mass is 9.46. The Morgan fingerprint density at radius 1 is 1.03 bits per heavy atom. The van der Waals surface area contributed by atoms with Crippen LogP contribution in [0.1, 0.15) is 86.5 Å². The molecule has 3 heteroatoms. The minimum atomic E-state index is -1.71. The van der Waals surface area contributed by atoms with Crippen LogP contribution in [-0.2, 0) is 4.43 Å². The minimum Gasteiger partial charge on any atom is -0.414 e. The SMILES string of the molecule is CC1C=C2CC(O[Si](C)(C)C(C)(C)C)CC[C@]2(C)[C@@H]2CC[C@]3(C)C(O)CC[C@H]3[C@H]12. The molecule has 0 amide bonds. The molecule has 3 fully saturated rings. The van der Waals surface area contributed by atoms with E-state index in [2.05, 4.69) is 60.7 Å². The summed E-state index contributed by atoms with van der Waals surface area (Å²) in [7, 11) is -1.71. The fourth-order valence-corrected chi connectivity index (χ4v) is 9.04. The largest absolute Gasteiger partial charge is 0.414 e. The van der Waals surface area contributed by atoms with Gasteiger partial charge in [-0.1, -0.05) is 53.2 Å². The van der Waals surface area contributed by atoms with E-state index in [0.29, 0.717) is 23.4 Å². The molecule has 0 radical (unpaired) electrons. The van der Waals surface area contributed by atoms with Crippen molar-refractivity contribution >= 4 is 8.32 Å². The van der Waals surface area contributed by atoms with Crippen LogP contribution in [0.25, 0.3) is 0 Å². The highest BCUT2D eigenvalue weighted by atomic mass is 28.4. The summed E-state index contributed by atoms with van der Waals surface area (Å²) in [5, 5.41) is 11.0.